The van der Waals surface area contributed by atoms with Crippen LogP contribution in [0.4, 0.5) is 0 Å². The van der Waals surface area contributed by atoms with Crippen LogP contribution in [0, 0.1) is 20.8 Å². The number of aryl methyl sites for hydroxylation is 3. The van der Waals surface area contributed by atoms with Gasteiger partial charge in [0, 0.05) is 17.8 Å². The fraction of sp³-hybridized carbons (Fsp3) is 0.435. The first-order valence-electron chi connectivity index (χ1n) is 10.8. The summed E-state index contributed by atoms with van der Waals surface area (Å²) in [5, 5.41) is 15.0. The molecule has 1 aliphatic rings. The number of aromatic nitrogens is 4. The third-order valence-electron chi connectivity index (χ3n) is 6.14. The number of nitrogens with one attached hydrogen (secondary N) is 1. The summed E-state index contributed by atoms with van der Waals surface area (Å²) in [6, 6.07) is 9.38. The van der Waals surface area contributed by atoms with Crippen molar-refractivity contribution < 1.29 is 14.2 Å². The van der Waals surface area contributed by atoms with Crippen LogP contribution in [0.3, 0.4) is 0 Å². The van der Waals surface area contributed by atoms with E-state index in [9.17, 15) is 9.59 Å². The zero-order chi connectivity index (χ0) is 22.9. The molecule has 9 heteroatoms. The van der Waals surface area contributed by atoms with E-state index in [1.807, 2.05) is 49.7 Å². The van der Waals surface area contributed by atoms with Crippen molar-refractivity contribution in [1.29, 1.82) is 0 Å². The van der Waals surface area contributed by atoms with Gasteiger partial charge >= 0.3 is 0 Å². The number of amides is 2. The van der Waals surface area contributed by atoms with Crippen LogP contribution in [0.1, 0.15) is 59.3 Å². The monoisotopic (exact) mass is 436 g/mol. The number of nitrogens with zero attached hydrogens (tertiary/aromatic N) is 5. The van der Waals surface area contributed by atoms with E-state index in [0.717, 1.165) is 29.9 Å². The molecule has 2 amide bonds. The Labute approximate surface area is 186 Å². The van der Waals surface area contributed by atoms with Gasteiger partial charge in [-0.2, -0.15) is 5.10 Å². The molecule has 4 rings (SSSR count). The second-order valence-electron chi connectivity index (χ2n) is 8.56. The van der Waals surface area contributed by atoms with E-state index >= 15 is 0 Å². The number of hydrogen-bond donors (Lipinski definition) is 1. The first kappa shape index (κ1) is 21.7. The number of hydrogen-bond acceptors (Lipinski definition) is 6. The smallest absolute Gasteiger partial charge is 0.254 e. The molecule has 0 aliphatic carbocycles. The number of likely N-dealkylation sites (tertiary alicyclic amines) is 1. The van der Waals surface area contributed by atoms with E-state index in [2.05, 4.69) is 20.7 Å². The molecule has 0 saturated carbocycles. The lowest BCUT2D eigenvalue weighted by molar-refractivity contribution is -0.133. The fourth-order valence-corrected chi connectivity index (χ4v) is 4.26. The van der Waals surface area contributed by atoms with Gasteiger partial charge in [-0.1, -0.05) is 16.4 Å². The number of carbonyl (C=O) groups excluding carboxylic acids is 2. The second-order valence-corrected chi connectivity index (χ2v) is 8.56. The summed E-state index contributed by atoms with van der Waals surface area (Å²) in [7, 11) is 0. The molecule has 0 bridgehead atoms. The summed E-state index contributed by atoms with van der Waals surface area (Å²) in [5.74, 6) is -0.368. The molecular formula is C23H28N6O3. The fourth-order valence-electron chi connectivity index (χ4n) is 4.26. The number of benzene rings is 1. The Hall–Kier alpha value is -3.49. The molecule has 1 unspecified atom stereocenters. The van der Waals surface area contributed by atoms with E-state index < -0.39 is 5.54 Å². The molecule has 3 aromatic rings. The van der Waals surface area contributed by atoms with Gasteiger partial charge in [-0.05, 0) is 71.2 Å². The van der Waals surface area contributed by atoms with Crippen LogP contribution in [0.2, 0.25) is 0 Å². The lowest BCUT2D eigenvalue weighted by Crippen LogP contribution is -2.60. The van der Waals surface area contributed by atoms with Crippen molar-refractivity contribution in [2.45, 2.75) is 59.0 Å². The molecule has 1 saturated heterocycles. The Bertz CT molecular complexity index is 1150. The quantitative estimate of drug-likeness (QED) is 0.659. The van der Waals surface area contributed by atoms with Crippen molar-refractivity contribution in [2.24, 2.45) is 0 Å². The van der Waals surface area contributed by atoms with Crippen molar-refractivity contribution >= 4 is 11.8 Å². The Morgan fingerprint density at radius 3 is 2.66 bits per heavy atom. The maximum absolute atomic E-state index is 13.6. The first-order valence-corrected chi connectivity index (χ1v) is 10.8. The van der Waals surface area contributed by atoms with Crippen LogP contribution in [-0.2, 0) is 11.3 Å². The maximum atomic E-state index is 13.6. The summed E-state index contributed by atoms with van der Waals surface area (Å²) in [6.45, 7) is 8.25. The predicted octanol–water partition coefficient (Wildman–Crippen LogP) is 2.88. The lowest BCUT2D eigenvalue weighted by atomic mass is 9.86. The molecule has 0 spiro atoms. The minimum atomic E-state index is -0.950. The van der Waals surface area contributed by atoms with Crippen LogP contribution in [0.15, 0.2) is 35.0 Å². The summed E-state index contributed by atoms with van der Waals surface area (Å²) in [5.41, 5.74) is 3.52. The number of piperidine rings is 1. The molecule has 2 aromatic heterocycles. The van der Waals surface area contributed by atoms with Gasteiger partial charge in [0.05, 0.1) is 17.9 Å². The second kappa shape index (κ2) is 8.57. The highest BCUT2D eigenvalue weighted by Crippen LogP contribution is 2.30. The van der Waals surface area contributed by atoms with Gasteiger partial charge in [-0.3, -0.25) is 9.59 Å². The molecule has 1 atom stereocenters. The standard InChI is InChI=1S/C23H28N6O3/c1-15-12-16(2)29(25-15)19-9-7-8-18(13-19)21(30)28-11-6-5-10-23(28,4)22(31)24-14-20-17(3)26-32-27-20/h7-9,12-13H,5-6,10-11,14H2,1-4H3,(H,24,31). The molecular weight excluding hydrogens is 408 g/mol. The minimum absolute atomic E-state index is 0.162. The normalized spacial score (nSPS) is 18.6. The van der Waals surface area contributed by atoms with E-state index in [1.54, 1.807) is 17.9 Å². The molecule has 32 heavy (non-hydrogen) atoms. The zero-order valence-corrected chi connectivity index (χ0v) is 18.9. The SMILES string of the molecule is Cc1cc(C)n(-c2cccc(C(=O)N3CCCCC3(C)C(=O)NCc3nonc3C)c2)n1. The zero-order valence-electron chi connectivity index (χ0n) is 18.9. The molecule has 3 heterocycles. The molecule has 168 valence electrons. The topological polar surface area (TPSA) is 106 Å². The molecule has 1 fully saturated rings. The summed E-state index contributed by atoms with van der Waals surface area (Å²) in [4.78, 5) is 28.5. The van der Waals surface area contributed by atoms with E-state index in [0.29, 0.717) is 29.9 Å². The van der Waals surface area contributed by atoms with Gasteiger partial charge in [0.15, 0.2) is 0 Å². The van der Waals surface area contributed by atoms with Crippen LogP contribution in [-0.4, -0.2) is 48.9 Å². The molecule has 9 nitrogen and oxygen atoms in total. The Kier molecular flexibility index (Phi) is 5.82. The molecule has 0 radical (unpaired) electrons. The van der Waals surface area contributed by atoms with E-state index in [1.165, 1.54) is 0 Å². The number of carbonyl (C=O) groups is 2. The van der Waals surface area contributed by atoms with Crippen LogP contribution < -0.4 is 5.32 Å². The van der Waals surface area contributed by atoms with Gasteiger partial charge in [0.2, 0.25) is 5.91 Å². The highest BCUT2D eigenvalue weighted by atomic mass is 16.6. The first-order chi connectivity index (χ1) is 15.3. The highest BCUT2D eigenvalue weighted by Gasteiger charge is 2.44. The summed E-state index contributed by atoms with van der Waals surface area (Å²) in [6.07, 6.45) is 2.33. The van der Waals surface area contributed by atoms with Gasteiger partial charge in [0.1, 0.15) is 16.9 Å². The average molecular weight is 437 g/mol. The number of rotatable bonds is 5. The molecule has 1 N–H and O–H groups in total. The lowest BCUT2D eigenvalue weighted by Gasteiger charge is -2.43. The Morgan fingerprint density at radius 1 is 1.16 bits per heavy atom. The molecule has 1 aromatic carbocycles. The van der Waals surface area contributed by atoms with Crippen molar-refractivity contribution in [1.82, 2.24) is 30.3 Å². The van der Waals surface area contributed by atoms with E-state index in [-0.39, 0.29) is 18.4 Å². The summed E-state index contributed by atoms with van der Waals surface area (Å²) < 4.78 is 6.52. The van der Waals surface area contributed by atoms with Crippen molar-refractivity contribution in [3.05, 3.63) is 58.7 Å². The van der Waals surface area contributed by atoms with Crippen LogP contribution in [0.25, 0.3) is 5.69 Å². The van der Waals surface area contributed by atoms with Gasteiger partial charge in [-0.25, -0.2) is 9.31 Å². The van der Waals surface area contributed by atoms with Gasteiger partial charge in [-0.15, -0.1) is 0 Å². The van der Waals surface area contributed by atoms with Gasteiger partial charge in [0.25, 0.3) is 5.91 Å². The Morgan fingerprint density at radius 2 is 1.97 bits per heavy atom. The Balaban J connectivity index is 1.57. The largest absolute Gasteiger partial charge is 0.348 e. The average Bonchev–Trinajstić information content (AvgIpc) is 3.35. The third-order valence-corrected chi connectivity index (χ3v) is 6.14. The minimum Gasteiger partial charge on any atom is -0.348 e. The maximum Gasteiger partial charge on any atom is 0.254 e. The van der Waals surface area contributed by atoms with Gasteiger partial charge < -0.3 is 10.2 Å². The van der Waals surface area contributed by atoms with Crippen molar-refractivity contribution in [3.63, 3.8) is 0 Å². The molecule has 1 aliphatic heterocycles. The van der Waals surface area contributed by atoms with Crippen LogP contribution >= 0.6 is 0 Å². The summed E-state index contributed by atoms with van der Waals surface area (Å²) >= 11 is 0. The predicted molar refractivity (Wildman–Crippen MR) is 117 cm³/mol. The van der Waals surface area contributed by atoms with Crippen molar-refractivity contribution in [3.8, 4) is 5.69 Å². The van der Waals surface area contributed by atoms with E-state index in [4.69, 9.17) is 4.63 Å². The van der Waals surface area contributed by atoms with Crippen molar-refractivity contribution in [2.75, 3.05) is 6.54 Å². The van der Waals surface area contributed by atoms with Crippen LogP contribution in [0.5, 0.6) is 0 Å². The third kappa shape index (κ3) is 4.02. The highest BCUT2D eigenvalue weighted by molar-refractivity contribution is 5.99.